The summed E-state index contributed by atoms with van der Waals surface area (Å²) in [4.78, 5) is 45.1. The first-order chi connectivity index (χ1) is 20.8. The van der Waals surface area contributed by atoms with Crippen molar-refractivity contribution in [1.82, 2.24) is 29.0 Å². The molecule has 228 valence electrons. The Morgan fingerprint density at radius 2 is 1.88 bits per heavy atom. The highest BCUT2D eigenvalue weighted by Crippen LogP contribution is 2.35. The average Bonchev–Trinajstić information content (AvgIpc) is 3.65. The third-order valence-electron chi connectivity index (χ3n) is 8.17. The minimum Gasteiger partial charge on any atom is -0.496 e. The van der Waals surface area contributed by atoms with Gasteiger partial charge in [0, 0.05) is 37.9 Å². The summed E-state index contributed by atoms with van der Waals surface area (Å²) >= 11 is 1.20. The van der Waals surface area contributed by atoms with Crippen molar-refractivity contribution in [3.05, 3.63) is 68.4 Å². The summed E-state index contributed by atoms with van der Waals surface area (Å²) in [6.07, 6.45) is 4.31. The van der Waals surface area contributed by atoms with E-state index in [4.69, 9.17) is 14.2 Å². The fraction of sp³-hybridized carbons (Fsp3) is 0.483. The van der Waals surface area contributed by atoms with Crippen LogP contribution in [0.2, 0.25) is 0 Å². The van der Waals surface area contributed by atoms with Crippen LogP contribution in [0, 0.1) is 12.7 Å². The molecule has 0 saturated carbocycles. The van der Waals surface area contributed by atoms with Crippen LogP contribution in [0.4, 0.5) is 4.39 Å². The van der Waals surface area contributed by atoms with Crippen LogP contribution in [-0.2, 0) is 20.8 Å². The van der Waals surface area contributed by atoms with Gasteiger partial charge in [-0.3, -0.25) is 14.2 Å². The highest BCUT2D eigenvalue weighted by atomic mass is 32.1. The molecule has 0 N–H and O–H groups in total. The first-order valence-electron chi connectivity index (χ1n) is 14.2. The number of methoxy groups -OCH3 is 1. The monoisotopic (exact) mass is 612 g/mol. The molecule has 2 saturated heterocycles. The zero-order valence-corrected chi connectivity index (χ0v) is 25.0. The SMILES string of the molecule is COc1ccc(F)cc1[C@H](Cn1c(=O)n([C@H]2CCCN(C)C2=O)c(=O)c2c(C)c(-n3nccn3)sc21)OC1CCOCC1. The van der Waals surface area contributed by atoms with Crippen molar-refractivity contribution in [1.29, 1.82) is 0 Å². The Balaban J connectivity index is 1.57. The van der Waals surface area contributed by atoms with Crippen LogP contribution in [-0.4, -0.2) is 75.0 Å². The van der Waals surface area contributed by atoms with Gasteiger partial charge >= 0.3 is 5.69 Å². The topological polar surface area (TPSA) is 123 Å². The minimum atomic E-state index is -0.946. The van der Waals surface area contributed by atoms with Gasteiger partial charge < -0.3 is 19.1 Å². The van der Waals surface area contributed by atoms with Crippen molar-refractivity contribution in [2.24, 2.45) is 0 Å². The van der Waals surface area contributed by atoms with E-state index in [1.54, 1.807) is 18.9 Å². The van der Waals surface area contributed by atoms with Gasteiger partial charge in [-0.2, -0.15) is 10.2 Å². The van der Waals surface area contributed by atoms with E-state index in [1.807, 2.05) is 0 Å². The van der Waals surface area contributed by atoms with Crippen molar-refractivity contribution in [2.75, 3.05) is 33.9 Å². The summed E-state index contributed by atoms with van der Waals surface area (Å²) < 4.78 is 34.9. The molecule has 0 radical (unpaired) electrons. The standard InChI is InChI=1S/C29H33FN6O6S/c1-17-24-26(38)35(21-5-4-12-33(2)25(21)37)29(39)34(28(24)43-27(17)36-31-10-11-32-36)16-23(42-19-8-13-41-14-9-19)20-15-18(30)6-7-22(20)40-3/h6-7,10-11,15,19,21,23H,4-5,8-9,12-14,16H2,1-3H3/t21-,23-/m0/s1. The lowest BCUT2D eigenvalue weighted by Gasteiger charge is -2.31. The summed E-state index contributed by atoms with van der Waals surface area (Å²) in [7, 11) is 3.16. The summed E-state index contributed by atoms with van der Waals surface area (Å²) in [5.74, 6) is -0.363. The van der Waals surface area contributed by atoms with E-state index in [-0.39, 0.29) is 18.6 Å². The van der Waals surface area contributed by atoms with E-state index in [0.29, 0.717) is 77.5 Å². The number of hydrogen-bond acceptors (Lipinski definition) is 9. The van der Waals surface area contributed by atoms with Crippen molar-refractivity contribution >= 4 is 27.5 Å². The molecule has 2 atom stereocenters. The van der Waals surface area contributed by atoms with Crippen LogP contribution in [0.1, 0.15) is 49.0 Å². The van der Waals surface area contributed by atoms with E-state index in [1.165, 1.54) is 58.4 Å². The molecule has 0 unspecified atom stereocenters. The second-order valence-corrected chi connectivity index (χ2v) is 11.8. The Kier molecular flexibility index (Phi) is 8.16. The van der Waals surface area contributed by atoms with E-state index in [9.17, 15) is 18.8 Å². The van der Waals surface area contributed by atoms with Crippen molar-refractivity contribution in [3.63, 3.8) is 0 Å². The highest BCUT2D eigenvalue weighted by molar-refractivity contribution is 7.21. The number of carbonyl (C=O) groups excluding carboxylic acids is 1. The molecule has 1 amide bonds. The number of benzene rings is 1. The van der Waals surface area contributed by atoms with Crippen molar-refractivity contribution in [3.8, 4) is 10.8 Å². The van der Waals surface area contributed by atoms with Gasteiger partial charge in [0.05, 0.1) is 37.5 Å². The summed E-state index contributed by atoms with van der Waals surface area (Å²) in [6, 6.07) is 3.23. The maximum absolute atomic E-state index is 14.6. The largest absolute Gasteiger partial charge is 0.496 e. The number of rotatable bonds is 8. The Labute approximate surface area is 250 Å². The van der Waals surface area contributed by atoms with Gasteiger partial charge in [0.1, 0.15) is 33.5 Å². The lowest BCUT2D eigenvalue weighted by molar-refractivity contribution is -0.136. The van der Waals surface area contributed by atoms with E-state index in [0.717, 1.165) is 4.57 Å². The van der Waals surface area contributed by atoms with E-state index < -0.39 is 29.2 Å². The highest BCUT2D eigenvalue weighted by Gasteiger charge is 2.34. The molecule has 0 aliphatic carbocycles. The lowest BCUT2D eigenvalue weighted by Crippen LogP contribution is -2.49. The molecular weight excluding hydrogens is 579 g/mol. The van der Waals surface area contributed by atoms with E-state index >= 15 is 0 Å². The number of aryl methyl sites for hydroxylation is 1. The summed E-state index contributed by atoms with van der Waals surface area (Å²) in [5.41, 5.74) is -0.154. The number of aromatic nitrogens is 5. The number of amides is 1. The number of likely N-dealkylation sites (tertiary alicyclic amines) is 1. The molecule has 5 heterocycles. The number of thiophene rings is 1. The quantitative estimate of drug-likeness (QED) is 0.298. The van der Waals surface area contributed by atoms with Crippen LogP contribution in [0.5, 0.6) is 5.75 Å². The van der Waals surface area contributed by atoms with Gasteiger partial charge in [0.2, 0.25) is 5.91 Å². The van der Waals surface area contributed by atoms with Crippen LogP contribution in [0.25, 0.3) is 15.2 Å². The molecule has 2 fully saturated rings. The molecule has 6 rings (SSSR count). The number of piperidine rings is 1. The molecule has 14 heteroatoms. The molecule has 0 bridgehead atoms. The van der Waals surface area contributed by atoms with Gasteiger partial charge in [0.25, 0.3) is 5.56 Å². The molecule has 2 aliphatic rings. The Bertz CT molecular complexity index is 1760. The predicted molar refractivity (Wildman–Crippen MR) is 157 cm³/mol. The molecule has 1 aromatic carbocycles. The average molecular weight is 613 g/mol. The minimum absolute atomic E-state index is 0.0601. The second-order valence-electron chi connectivity index (χ2n) is 10.8. The smallest absolute Gasteiger partial charge is 0.332 e. The van der Waals surface area contributed by atoms with E-state index in [2.05, 4.69) is 10.2 Å². The van der Waals surface area contributed by atoms with Crippen molar-refractivity contribution < 1.29 is 23.4 Å². The number of ether oxygens (including phenoxy) is 3. The number of likely N-dealkylation sites (N-methyl/N-ethyl adjacent to an activating group) is 1. The molecule has 2 aliphatic heterocycles. The maximum atomic E-state index is 14.6. The van der Waals surface area contributed by atoms with Gasteiger partial charge in [-0.25, -0.2) is 13.8 Å². The van der Waals surface area contributed by atoms with Crippen molar-refractivity contribution in [2.45, 2.75) is 57.4 Å². The maximum Gasteiger partial charge on any atom is 0.332 e. The van der Waals surface area contributed by atoms with Gasteiger partial charge in [-0.15, -0.1) is 4.80 Å². The molecule has 4 aromatic rings. The van der Waals surface area contributed by atoms with Gasteiger partial charge in [0.15, 0.2) is 0 Å². The third kappa shape index (κ3) is 5.38. The number of fused-ring (bicyclic) bond motifs is 1. The first kappa shape index (κ1) is 29.2. The number of nitrogens with zero attached hydrogens (tertiary/aromatic N) is 6. The predicted octanol–water partition coefficient (Wildman–Crippen LogP) is 2.99. The molecular formula is C29H33FN6O6S. The summed E-state index contributed by atoms with van der Waals surface area (Å²) in [6.45, 7) is 3.31. The van der Waals surface area contributed by atoms with Gasteiger partial charge in [-0.05, 0) is 50.8 Å². The lowest BCUT2D eigenvalue weighted by atomic mass is 10.0. The Hall–Kier alpha value is -3.88. The molecule has 0 spiro atoms. The summed E-state index contributed by atoms with van der Waals surface area (Å²) in [5, 5.41) is 9.35. The van der Waals surface area contributed by atoms with Crippen LogP contribution < -0.4 is 16.0 Å². The normalized spacial score (nSPS) is 18.8. The van der Waals surface area contributed by atoms with Gasteiger partial charge in [-0.1, -0.05) is 11.3 Å². The number of halogens is 1. The molecule has 3 aromatic heterocycles. The zero-order chi connectivity index (χ0) is 30.2. The fourth-order valence-electron chi connectivity index (χ4n) is 5.93. The van der Waals surface area contributed by atoms with Crippen LogP contribution in [0.3, 0.4) is 0 Å². The second kappa shape index (κ2) is 12.0. The third-order valence-corrected chi connectivity index (χ3v) is 9.46. The van der Waals surface area contributed by atoms with Crippen LogP contribution >= 0.6 is 11.3 Å². The number of hydrogen-bond donors (Lipinski definition) is 0. The zero-order valence-electron chi connectivity index (χ0n) is 24.2. The molecule has 43 heavy (non-hydrogen) atoms. The first-order valence-corrected chi connectivity index (χ1v) is 15.1. The fourth-order valence-corrected chi connectivity index (χ4v) is 7.15. The Morgan fingerprint density at radius 3 is 2.60 bits per heavy atom. The number of carbonyl (C=O) groups is 1. The van der Waals surface area contributed by atoms with Crippen LogP contribution in [0.15, 0.2) is 40.2 Å². The molecule has 12 nitrogen and oxygen atoms in total. The Morgan fingerprint density at radius 1 is 1.14 bits per heavy atom.